The van der Waals surface area contributed by atoms with Gasteiger partial charge in [-0.05, 0) is 87.8 Å². The fourth-order valence-electron chi connectivity index (χ4n) is 7.77. The number of hydrogen-bond donors (Lipinski definition) is 0. The van der Waals surface area contributed by atoms with E-state index >= 15 is 0 Å². The van der Waals surface area contributed by atoms with E-state index in [1.54, 1.807) is 24.3 Å². The van der Waals surface area contributed by atoms with Gasteiger partial charge in [0.15, 0.2) is 0 Å². The van der Waals surface area contributed by atoms with Gasteiger partial charge in [-0.1, -0.05) is 205 Å². The van der Waals surface area contributed by atoms with Gasteiger partial charge in [0.25, 0.3) is 0 Å². The second-order valence-corrected chi connectivity index (χ2v) is 21.6. The molecule has 0 aromatic heterocycles. The van der Waals surface area contributed by atoms with Crippen molar-refractivity contribution >= 4 is 81.9 Å². The van der Waals surface area contributed by atoms with Crippen molar-refractivity contribution in [2.75, 3.05) is 26.4 Å². The Morgan fingerprint density at radius 1 is 0.351 bits per heavy atom. The second-order valence-electron chi connectivity index (χ2n) is 18.8. The molecule has 77 heavy (non-hydrogen) atoms. The maximum atomic E-state index is 12.7. The number of carbonyl (C=O) groups is 4. The van der Waals surface area contributed by atoms with Crippen LogP contribution < -0.4 is 0 Å². The SMILES string of the molecule is CCCCCCCC/C=C/COC(=O)c1ccc(S(=O)(=O)[O-])cc1C(=O)OC/C=C/CCCCCCCC.CCCCCCCC/C=C/COC(=O)c1ccc(S(=O)(=O)[O-])cc1C(=O)OC/C=C/CCCCCCCC.[Ca+2]. The van der Waals surface area contributed by atoms with Gasteiger partial charge in [-0.15, -0.1) is 0 Å². The van der Waals surface area contributed by atoms with Crippen molar-refractivity contribution in [3.05, 3.63) is 107 Å². The molecule has 0 bridgehead atoms. The van der Waals surface area contributed by atoms with E-state index in [4.69, 9.17) is 18.9 Å². The van der Waals surface area contributed by atoms with E-state index in [-0.39, 0.29) is 86.4 Å². The van der Waals surface area contributed by atoms with E-state index < -0.39 is 53.9 Å². The molecular formula is C60H90CaO14S2. The van der Waals surface area contributed by atoms with Gasteiger partial charge < -0.3 is 28.1 Å². The van der Waals surface area contributed by atoms with E-state index in [2.05, 4.69) is 27.7 Å². The van der Waals surface area contributed by atoms with Crippen LogP contribution in [-0.4, -0.2) is 114 Å². The molecule has 0 N–H and O–H groups in total. The second kappa shape index (κ2) is 47.2. The zero-order valence-electron chi connectivity index (χ0n) is 46.9. The van der Waals surface area contributed by atoms with Gasteiger partial charge in [0.1, 0.15) is 46.7 Å². The predicted molar refractivity (Wildman–Crippen MR) is 304 cm³/mol. The van der Waals surface area contributed by atoms with Crippen molar-refractivity contribution in [3.8, 4) is 0 Å². The minimum atomic E-state index is -4.82. The molecule has 0 fully saturated rings. The van der Waals surface area contributed by atoms with Gasteiger partial charge in [-0.3, -0.25) is 0 Å². The smallest absolute Gasteiger partial charge is 0.744 e. The first kappa shape index (κ1) is 73.4. The molecule has 0 aliphatic heterocycles. The Morgan fingerprint density at radius 3 is 0.805 bits per heavy atom. The topological polar surface area (TPSA) is 220 Å². The molecule has 2 aromatic carbocycles. The third kappa shape index (κ3) is 37.0. The fourth-order valence-corrected chi connectivity index (χ4v) is 8.77. The molecule has 2 aromatic rings. The van der Waals surface area contributed by atoms with E-state index in [1.165, 1.54) is 116 Å². The van der Waals surface area contributed by atoms with Crippen molar-refractivity contribution in [2.24, 2.45) is 0 Å². The number of unbranched alkanes of at least 4 members (excludes halogenated alkanes) is 24. The van der Waals surface area contributed by atoms with Crippen LogP contribution in [0.25, 0.3) is 0 Å². The van der Waals surface area contributed by atoms with Gasteiger partial charge >= 0.3 is 61.6 Å². The molecule has 428 valence electrons. The van der Waals surface area contributed by atoms with Crippen molar-refractivity contribution in [1.82, 2.24) is 0 Å². The number of carbonyl (C=O) groups excluding carboxylic acids is 4. The Morgan fingerprint density at radius 2 is 0.571 bits per heavy atom. The standard InChI is InChI=1S/2C30H46O7S.Ca/c2*1-3-5-7-9-11-13-15-17-19-23-36-29(31)27-22-21-26(38(33,34)35)25-28(27)30(32)37-24-20-18-16-14-12-10-8-6-4-2;/h2*17-22,25H,3-16,23-24H2,1-2H3,(H,33,34,35);/q;;+2/p-2/b2*19-17+,20-18+;. The van der Waals surface area contributed by atoms with Crippen molar-refractivity contribution in [2.45, 2.75) is 217 Å². The fraction of sp³-hybridized carbons (Fsp3) is 0.600. The summed E-state index contributed by atoms with van der Waals surface area (Å²) in [7, 11) is -9.64. The summed E-state index contributed by atoms with van der Waals surface area (Å²) in [4.78, 5) is 49.3. The summed E-state index contributed by atoms with van der Waals surface area (Å²) in [6, 6.07) is 5.94. The molecule has 14 nitrogen and oxygen atoms in total. The first-order valence-electron chi connectivity index (χ1n) is 28.1. The van der Waals surface area contributed by atoms with E-state index in [1.807, 2.05) is 24.3 Å². The minimum absolute atomic E-state index is 0. The molecule has 0 spiro atoms. The molecule has 0 radical (unpaired) electrons. The summed E-state index contributed by atoms with van der Waals surface area (Å²) in [5, 5.41) is 0. The zero-order valence-corrected chi connectivity index (χ0v) is 50.8. The zero-order chi connectivity index (χ0) is 56.1. The van der Waals surface area contributed by atoms with E-state index in [9.17, 15) is 45.1 Å². The number of rotatable bonds is 42. The molecule has 17 heteroatoms. The molecule has 0 amide bonds. The van der Waals surface area contributed by atoms with E-state index in [0.717, 1.165) is 101 Å². The van der Waals surface area contributed by atoms with E-state index in [0.29, 0.717) is 0 Å². The molecule has 2 rings (SSSR count). The van der Waals surface area contributed by atoms with Gasteiger partial charge in [0.2, 0.25) is 0 Å². The van der Waals surface area contributed by atoms with Crippen LogP contribution in [0.1, 0.15) is 249 Å². The summed E-state index contributed by atoms with van der Waals surface area (Å²) < 4.78 is 89.6. The minimum Gasteiger partial charge on any atom is -0.744 e. The molecule has 0 atom stereocenters. The van der Waals surface area contributed by atoms with Gasteiger partial charge in [0, 0.05) is 0 Å². The number of esters is 4. The molecule has 0 saturated carbocycles. The Balaban J connectivity index is 0.00000148. The summed E-state index contributed by atoms with van der Waals surface area (Å²) in [5.74, 6) is -3.39. The molecule has 0 saturated heterocycles. The summed E-state index contributed by atoms with van der Waals surface area (Å²) >= 11 is 0. The Labute approximate surface area is 493 Å². The number of allylic oxidation sites excluding steroid dienone is 4. The van der Waals surface area contributed by atoms with Crippen LogP contribution >= 0.6 is 0 Å². The third-order valence-corrected chi connectivity index (χ3v) is 13.9. The normalized spacial score (nSPS) is 11.7. The van der Waals surface area contributed by atoms with Crippen LogP contribution in [0.5, 0.6) is 0 Å². The number of hydrogen-bond acceptors (Lipinski definition) is 14. The maximum Gasteiger partial charge on any atom is 2.00 e. The molecule has 0 aliphatic carbocycles. The summed E-state index contributed by atoms with van der Waals surface area (Å²) in [6.45, 7) is 8.72. The first-order valence-corrected chi connectivity index (χ1v) is 30.9. The van der Waals surface area contributed by atoms with Crippen LogP contribution in [0.4, 0.5) is 0 Å². The maximum absolute atomic E-state index is 12.7. The van der Waals surface area contributed by atoms with Crippen LogP contribution in [0.3, 0.4) is 0 Å². The summed E-state index contributed by atoms with van der Waals surface area (Å²) in [6.07, 6.45) is 46.9. The Bertz CT molecular complexity index is 2130. The predicted octanol–water partition coefficient (Wildman–Crippen LogP) is 14.7. The first-order chi connectivity index (χ1) is 36.6. The largest absolute Gasteiger partial charge is 2.00 e. The number of ether oxygens (including phenoxy) is 4. The van der Waals surface area contributed by atoms with Gasteiger partial charge in [0.05, 0.1) is 32.0 Å². The molecular weight excluding hydrogens is 1050 g/mol. The van der Waals surface area contributed by atoms with Crippen LogP contribution in [0.15, 0.2) is 94.8 Å². The Kier molecular flexibility index (Phi) is 45.0. The average molecular weight is 1140 g/mol. The van der Waals surface area contributed by atoms with Crippen molar-refractivity contribution < 1.29 is 64.1 Å². The van der Waals surface area contributed by atoms with Crippen molar-refractivity contribution in [3.63, 3.8) is 0 Å². The van der Waals surface area contributed by atoms with Crippen LogP contribution in [-0.2, 0) is 39.2 Å². The third-order valence-electron chi connectivity index (χ3n) is 12.2. The molecule has 0 aliphatic rings. The molecule has 0 heterocycles. The van der Waals surface area contributed by atoms with Crippen LogP contribution in [0, 0.1) is 0 Å². The van der Waals surface area contributed by atoms with Gasteiger partial charge in [-0.2, -0.15) is 0 Å². The number of benzene rings is 2. The summed E-state index contributed by atoms with van der Waals surface area (Å²) in [5.41, 5.74) is -0.926. The monoisotopic (exact) mass is 1140 g/mol. The Hall–Kier alpha value is -3.64. The van der Waals surface area contributed by atoms with Crippen LogP contribution in [0.2, 0.25) is 0 Å². The quantitative estimate of drug-likeness (QED) is 0.0151. The van der Waals surface area contributed by atoms with Gasteiger partial charge in [-0.25, -0.2) is 36.0 Å². The van der Waals surface area contributed by atoms with Crippen molar-refractivity contribution in [1.29, 1.82) is 0 Å². The average Bonchev–Trinajstić information content (AvgIpc) is 3.39. The molecule has 0 unspecified atom stereocenters.